The Balaban J connectivity index is 2.26. The maximum Gasteiger partial charge on any atom is 0.303 e. The molecule has 0 aliphatic heterocycles. The molecule has 0 heterocycles. The van der Waals surface area contributed by atoms with Gasteiger partial charge >= 0.3 is 5.97 Å². The molecule has 0 fully saturated rings. The second-order valence-corrected chi connectivity index (χ2v) is 5.24. The number of halogens is 1. The molecule has 0 aromatic heterocycles. The molecule has 0 bridgehead atoms. The molecule has 0 saturated heterocycles. The summed E-state index contributed by atoms with van der Waals surface area (Å²) in [5.41, 5.74) is 2.67. The first-order valence-electron chi connectivity index (χ1n) is 6.71. The van der Waals surface area contributed by atoms with Crippen molar-refractivity contribution in [2.24, 2.45) is 0 Å². The summed E-state index contributed by atoms with van der Waals surface area (Å²) in [7, 11) is 0. The molecule has 0 aliphatic carbocycles. The average Bonchev–Trinajstić information content (AvgIpc) is 2.46. The Morgan fingerprint density at radius 2 is 1.76 bits per heavy atom. The zero-order valence-corrected chi connectivity index (χ0v) is 12.6. The van der Waals surface area contributed by atoms with Gasteiger partial charge in [0.15, 0.2) is 0 Å². The highest BCUT2D eigenvalue weighted by Crippen LogP contribution is 2.32. The zero-order valence-electron chi connectivity index (χ0n) is 11.9. The van der Waals surface area contributed by atoms with Gasteiger partial charge in [0.05, 0.1) is 0 Å². The molecule has 0 N–H and O–H groups in total. The van der Waals surface area contributed by atoms with Gasteiger partial charge in [-0.25, -0.2) is 0 Å². The summed E-state index contributed by atoms with van der Waals surface area (Å²) in [6.07, 6.45) is 0.0979. The van der Waals surface area contributed by atoms with Gasteiger partial charge in [-0.15, -0.1) is 0 Å². The molecule has 0 amide bonds. The Kier molecular flexibility index (Phi) is 5.18. The van der Waals surface area contributed by atoms with E-state index >= 15 is 0 Å². The van der Waals surface area contributed by atoms with Crippen molar-refractivity contribution < 1.29 is 9.53 Å². The molecule has 3 heteroatoms. The number of ether oxygens (including phenoxy) is 1. The summed E-state index contributed by atoms with van der Waals surface area (Å²) in [6.45, 7) is 5.47. The quantitative estimate of drug-likeness (QED) is 0.589. The van der Waals surface area contributed by atoms with Crippen LogP contribution >= 0.6 is 11.6 Å². The van der Waals surface area contributed by atoms with Gasteiger partial charge in [0, 0.05) is 17.5 Å². The van der Waals surface area contributed by atoms with Crippen molar-refractivity contribution in [1.29, 1.82) is 0 Å². The lowest BCUT2D eigenvalue weighted by molar-refractivity contribution is -0.145. The standard InChI is InChI=1S/C18H17ClO2/c1-13(12-15-8-4-3-5-9-15)18(21-14(2)20)16-10-6-7-11-17(16)19/h3-11,18H,1,12H2,2H3. The van der Waals surface area contributed by atoms with Gasteiger partial charge in [0.25, 0.3) is 0 Å². The molecule has 21 heavy (non-hydrogen) atoms. The Hall–Kier alpha value is -2.06. The van der Waals surface area contributed by atoms with E-state index in [0.717, 1.165) is 16.7 Å². The Labute approximate surface area is 130 Å². The van der Waals surface area contributed by atoms with E-state index in [9.17, 15) is 4.79 Å². The van der Waals surface area contributed by atoms with E-state index in [4.69, 9.17) is 16.3 Å². The fourth-order valence-electron chi connectivity index (χ4n) is 2.17. The lowest BCUT2D eigenvalue weighted by Gasteiger charge is -2.21. The highest BCUT2D eigenvalue weighted by atomic mass is 35.5. The van der Waals surface area contributed by atoms with Gasteiger partial charge in [0.2, 0.25) is 0 Å². The Bertz CT molecular complexity index is 635. The number of rotatable bonds is 5. The summed E-state index contributed by atoms with van der Waals surface area (Å²) >= 11 is 6.22. The molecule has 0 aliphatic rings. The minimum absolute atomic E-state index is 0.353. The summed E-state index contributed by atoms with van der Waals surface area (Å²) < 4.78 is 5.43. The van der Waals surface area contributed by atoms with Gasteiger partial charge in [-0.3, -0.25) is 4.79 Å². The minimum Gasteiger partial charge on any atom is -0.453 e. The minimum atomic E-state index is -0.531. The largest absolute Gasteiger partial charge is 0.453 e. The fourth-order valence-corrected chi connectivity index (χ4v) is 2.41. The van der Waals surface area contributed by atoms with E-state index in [1.165, 1.54) is 6.92 Å². The normalized spacial score (nSPS) is 11.7. The number of carbonyl (C=O) groups is 1. The summed E-state index contributed by atoms with van der Waals surface area (Å²) in [5, 5.41) is 0.568. The topological polar surface area (TPSA) is 26.3 Å². The van der Waals surface area contributed by atoms with Gasteiger partial charge < -0.3 is 4.74 Å². The van der Waals surface area contributed by atoms with Gasteiger partial charge in [0.1, 0.15) is 6.10 Å². The number of hydrogen-bond acceptors (Lipinski definition) is 2. The van der Waals surface area contributed by atoms with Crippen LogP contribution in [-0.4, -0.2) is 5.97 Å². The number of esters is 1. The van der Waals surface area contributed by atoms with E-state index in [2.05, 4.69) is 6.58 Å². The first kappa shape index (κ1) is 15.3. The highest BCUT2D eigenvalue weighted by molar-refractivity contribution is 6.31. The lowest BCUT2D eigenvalue weighted by Crippen LogP contribution is -2.12. The third-order valence-electron chi connectivity index (χ3n) is 3.12. The predicted octanol–water partition coefficient (Wildman–Crippen LogP) is 4.74. The summed E-state index contributed by atoms with van der Waals surface area (Å²) in [4.78, 5) is 11.4. The summed E-state index contributed by atoms with van der Waals surface area (Å²) in [6, 6.07) is 17.3. The molecule has 2 rings (SSSR count). The van der Waals surface area contributed by atoms with Gasteiger partial charge in [-0.2, -0.15) is 0 Å². The van der Waals surface area contributed by atoms with Crippen LogP contribution in [0.3, 0.4) is 0 Å². The third-order valence-corrected chi connectivity index (χ3v) is 3.46. The van der Waals surface area contributed by atoms with Crippen LogP contribution in [0.4, 0.5) is 0 Å². The maximum absolute atomic E-state index is 11.4. The van der Waals surface area contributed by atoms with Crippen molar-refractivity contribution in [1.82, 2.24) is 0 Å². The molecule has 108 valence electrons. The van der Waals surface area contributed by atoms with Crippen LogP contribution in [-0.2, 0) is 16.0 Å². The third kappa shape index (κ3) is 4.20. The van der Waals surface area contributed by atoms with Crippen LogP contribution in [0, 0.1) is 0 Å². The van der Waals surface area contributed by atoms with Crippen molar-refractivity contribution in [3.05, 3.63) is 82.9 Å². The van der Waals surface area contributed by atoms with E-state index < -0.39 is 6.10 Å². The van der Waals surface area contributed by atoms with E-state index in [-0.39, 0.29) is 5.97 Å². The number of hydrogen-bond donors (Lipinski definition) is 0. The molecule has 0 spiro atoms. The van der Waals surface area contributed by atoms with Crippen LogP contribution in [0.2, 0.25) is 5.02 Å². The van der Waals surface area contributed by atoms with Crippen molar-refractivity contribution in [2.75, 3.05) is 0 Å². The molecule has 2 aromatic rings. The van der Waals surface area contributed by atoms with E-state index in [1.54, 1.807) is 6.07 Å². The molecular weight excluding hydrogens is 284 g/mol. The van der Waals surface area contributed by atoms with Crippen molar-refractivity contribution in [3.8, 4) is 0 Å². The number of benzene rings is 2. The first-order chi connectivity index (χ1) is 10.1. The molecule has 2 aromatic carbocycles. The number of carbonyl (C=O) groups excluding carboxylic acids is 1. The summed E-state index contributed by atoms with van der Waals surface area (Å²) in [5.74, 6) is -0.353. The Morgan fingerprint density at radius 3 is 2.38 bits per heavy atom. The van der Waals surface area contributed by atoms with Crippen molar-refractivity contribution in [3.63, 3.8) is 0 Å². The van der Waals surface area contributed by atoms with Crippen LogP contribution in [0.1, 0.15) is 24.2 Å². The van der Waals surface area contributed by atoms with Gasteiger partial charge in [-0.1, -0.05) is 66.7 Å². The molecule has 2 nitrogen and oxygen atoms in total. The molecule has 1 unspecified atom stereocenters. The monoisotopic (exact) mass is 300 g/mol. The second kappa shape index (κ2) is 7.09. The van der Waals surface area contributed by atoms with Crippen molar-refractivity contribution in [2.45, 2.75) is 19.4 Å². The first-order valence-corrected chi connectivity index (χ1v) is 7.09. The zero-order chi connectivity index (χ0) is 15.2. The van der Waals surface area contributed by atoms with E-state index in [1.807, 2.05) is 48.5 Å². The SMILES string of the molecule is C=C(Cc1ccccc1)C(OC(C)=O)c1ccccc1Cl. The average molecular weight is 301 g/mol. The van der Waals surface area contributed by atoms with Crippen LogP contribution < -0.4 is 0 Å². The Morgan fingerprint density at radius 1 is 1.14 bits per heavy atom. The lowest BCUT2D eigenvalue weighted by atomic mass is 9.96. The predicted molar refractivity (Wildman–Crippen MR) is 85.2 cm³/mol. The molecule has 1 atom stereocenters. The van der Waals surface area contributed by atoms with E-state index in [0.29, 0.717) is 11.4 Å². The maximum atomic E-state index is 11.4. The van der Waals surface area contributed by atoms with Crippen LogP contribution in [0.5, 0.6) is 0 Å². The van der Waals surface area contributed by atoms with Gasteiger partial charge in [-0.05, 0) is 23.6 Å². The van der Waals surface area contributed by atoms with Crippen LogP contribution in [0.15, 0.2) is 66.7 Å². The molecule has 0 radical (unpaired) electrons. The van der Waals surface area contributed by atoms with Crippen LogP contribution in [0.25, 0.3) is 0 Å². The fraction of sp³-hybridized carbons (Fsp3) is 0.167. The molecule has 0 saturated carbocycles. The van der Waals surface area contributed by atoms with Crippen molar-refractivity contribution >= 4 is 17.6 Å². The molecular formula is C18H17ClO2. The second-order valence-electron chi connectivity index (χ2n) is 4.83. The highest BCUT2D eigenvalue weighted by Gasteiger charge is 2.21. The smallest absolute Gasteiger partial charge is 0.303 e.